The maximum absolute atomic E-state index is 12.3. The van der Waals surface area contributed by atoms with Crippen LogP contribution in [0.15, 0.2) is 15.9 Å². The summed E-state index contributed by atoms with van der Waals surface area (Å²) in [5.74, 6) is 0.792. The quantitative estimate of drug-likeness (QED) is 0.802. The standard InChI is InChI=1S/C13H18BrNOS/c1-9-5-3-4-6-10(9)15(2)13(16)11-7-8-12(14)17-11/h7-10H,3-6H2,1-2H3. The largest absolute Gasteiger partial charge is 0.338 e. The lowest BCUT2D eigenvalue weighted by Crippen LogP contribution is -2.42. The average molecular weight is 316 g/mol. The predicted molar refractivity (Wildman–Crippen MR) is 75.5 cm³/mol. The minimum atomic E-state index is 0.166. The van der Waals surface area contributed by atoms with Crippen LogP contribution in [0, 0.1) is 5.92 Å². The van der Waals surface area contributed by atoms with Crippen LogP contribution >= 0.6 is 27.3 Å². The monoisotopic (exact) mass is 315 g/mol. The van der Waals surface area contributed by atoms with E-state index in [1.54, 1.807) is 0 Å². The van der Waals surface area contributed by atoms with Crippen molar-refractivity contribution in [1.29, 1.82) is 0 Å². The summed E-state index contributed by atoms with van der Waals surface area (Å²) in [4.78, 5) is 15.1. The lowest BCUT2D eigenvalue weighted by Gasteiger charge is -2.36. The molecule has 94 valence electrons. The first-order valence-electron chi connectivity index (χ1n) is 6.12. The maximum Gasteiger partial charge on any atom is 0.263 e. The van der Waals surface area contributed by atoms with Crippen LogP contribution in [0.25, 0.3) is 0 Å². The van der Waals surface area contributed by atoms with E-state index >= 15 is 0 Å². The van der Waals surface area contributed by atoms with Crippen LogP contribution in [0.3, 0.4) is 0 Å². The predicted octanol–water partition coefficient (Wildman–Crippen LogP) is 4.16. The van der Waals surface area contributed by atoms with Crippen molar-refractivity contribution in [2.24, 2.45) is 5.92 Å². The maximum atomic E-state index is 12.3. The van der Waals surface area contributed by atoms with E-state index in [0.717, 1.165) is 15.1 Å². The number of hydrogen-bond acceptors (Lipinski definition) is 2. The molecule has 0 saturated heterocycles. The molecule has 0 aromatic carbocycles. The lowest BCUT2D eigenvalue weighted by molar-refractivity contribution is 0.0634. The van der Waals surface area contributed by atoms with E-state index in [1.807, 2.05) is 24.1 Å². The van der Waals surface area contributed by atoms with Gasteiger partial charge in [0, 0.05) is 13.1 Å². The van der Waals surface area contributed by atoms with Crippen molar-refractivity contribution in [3.05, 3.63) is 20.8 Å². The molecular formula is C13H18BrNOS. The normalized spacial score (nSPS) is 24.6. The number of rotatable bonds is 2. The number of amides is 1. The molecule has 17 heavy (non-hydrogen) atoms. The van der Waals surface area contributed by atoms with Crippen LogP contribution < -0.4 is 0 Å². The van der Waals surface area contributed by atoms with E-state index in [0.29, 0.717) is 12.0 Å². The first-order chi connectivity index (χ1) is 8.09. The zero-order chi connectivity index (χ0) is 12.4. The molecule has 2 unspecified atom stereocenters. The topological polar surface area (TPSA) is 20.3 Å². The van der Waals surface area contributed by atoms with Crippen molar-refractivity contribution >= 4 is 33.2 Å². The molecule has 1 heterocycles. The summed E-state index contributed by atoms with van der Waals surface area (Å²) in [6.07, 6.45) is 4.96. The zero-order valence-electron chi connectivity index (χ0n) is 10.3. The number of nitrogens with zero attached hydrogens (tertiary/aromatic N) is 1. The number of halogens is 1. The van der Waals surface area contributed by atoms with Crippen molar-refractivity contribution in [3.8, 4) is 0 Å². The van der Waals surface area contributed by atoms with E-state index in [-0.39, 0.29) is 5.91 Å². The molecule has 2 nitrogen and oxygen atoms in total. The van der Waals surface area contributed by atoms with Crippen molar-refractivity contribution in [2.75, 3.05) is 7.05 Å². The van der Waals surface area contributed by atoms with E-state index < -0.39 is 0 Å². The fourth-order valence-corrected chi connectivity index (χ4v) is 3.99. The van der Waals surface area contributed by atoms with Crippen LogP contribution in [-0.4, -0.2) is 23.9 Å². The van der Waals surface area contributed by atoms with Gasteiger partial charge >= 0.3 is 0 Å². The molecule has 2 atom stereocenters. The number of hydrogen-bond donors (Lipinski definition) is 0. The van der Waals surface area contributed by atoms with E-state index in [1.165, 1.54) is 30.6 Å². The minimum Gasteiger partial charge on any atom is -0.338 e. The molecule has 0 N–H and O–H groups in total. The van der Waals surface area contributed by atoms with Gasteiger partial charge in [0.15, 0.2) is 0 Å². The van der Waals surface area contributed by atoms with Gasteiger partial charge in [0.2, 0.25) is 0 Å². The van der Waals surface area contributed by atoms with Crippen LogP contribution in [-0.2, 0) is 0 Å². The highest BCUT2D eigenvalue weighted by Crippen LogP contribution is 2.30. The molecule has 1 fully saturated rings. The number of carbonyl (C=O) groups is 1. The molecule has 0 aliphatic heterocycles. The Morgan fingerprint density at radius 3 is 2.71 bits per heavy atom. The van der Waals surface area contributed by atoms with Crippen molar-refractivity contribution in [1.82, 2.24) is 4.90 Å². The van der Waals surface area contributed by atoms with E-state index in [9.17, 15) is 4.79 Å². The molecule has 4 heteroatoms. The second-order valence-corrected chi connectivity index (χ2v) is 7.31. The average Bonchev–Trinajstić information content (AvgIpc) is 2.75. The first kappa shape index (κ1) is 13.1. The zero-order valence-corrected chi connectivity index (χ0v) is 12.7. The third-order valence-corrected chi connectivity index (χ3v) is 5.28. The molecule has 0 bridgehead atoms. The Balaban J connectivity index is 2.08. The van der Waals surface area contributed by atoms with Gasteiger partial charge in [0.05, 0.1) is 8.66 Å². The molecule has 0 spiro atoms. The summed E-state index contributed by atoms with van der Waals surface area (Å²) in [5, 5.41) is 0. The smallest absolute Gasteiger partial charge is 0.263 e. The van der Waals surface area contributed by atoms with Crippen molar-refractivity contribution in [3.63, 3.8) is 0 Å². The van der Waals surface area contributed by atoms with E-state index in [2.05, 4.69) is 22.9 Å². The van der Waals surface area contributed by atoms with Gasteiger partial charge in [-0.2, -0.15) is 0 Å². The van der Waals surface area contributed by atoms with Crippen molar-refractivity contribution in [2.45, 2.75) is 38.6 Å². The number of carbonyl (C=O) groups excluding carboxylic acids is 1. The second-order valence-electron chi connectivity index (χ2n) is 4.85. The Hall–Kier alpha value is -0.350. The number of thiophene rings is 1. The summed E-state index contributed by atoms with van der Waals surface area (Å²) >= 11 is 4.92. The molecular weight excluding hydrogens is 298 g/mol. The van der Waals surface area contributed by atoms with Gasteiger partial charge in [-0.05, 0) is 46.8 Å². The SMILES string of the molecule is CC1CCCCC1N(C)C(=O)c1ccc(Br)s1. The Labute approximate surface area is 115 Å². The molecule has 1 saturated carbocycles. The summed E-state index contributed by atoms with van der Waals surface area (Å²) in [6.45, 7) is 2.26. The summed E-state index contributed by atoms with van der Waals surface area (Å²) < 4.78 is 1.02. The minimum absolute atomic E-state index is 0.166. The van der Waals surface area contributed by atoms with Gasteiger partial charge in [-0.3, -0.25) is 4.79 Å². The van der Waals surface area contributed by atoms with Crippen molar-refractivity contribution < 1.29 is 4.79 Å². The first-order valence-corrected chi connectivity index (χ1v) is 7.73. The van der Waals surface area contributed by atoms with Gasteiger partial charge in [-0.1, -0.05) is 19.8 Å². The Bertz CT molecular complexity index is 404. The fourth-order valence-electron chi connectivity index (χ4n) is 2.63. The highest BCUT2D eigenvalue weighted by Gasteiger charge is 2.28. The Kier molecular flexibility index (Phi) is 4.26. The lowest BCUT2D eigenvalue weighted by atomic mass is 9.85. The van der Waals surface area contributed by atoms with Crippen LogP contribution in [0.5, 0.6) is 0 Å². The summed E-state index contributed by atoms with van der Waals surface area (Å²) in [6, 6.07) is 4.26. The summed E-state index contributed by atoms with van der Waals surface area (Å²) in [5.41, 5.74) is 0. The molecule has 1 aliphatic rings. The molecule has 1 aromatic rings. The molecule has 1 aliphatic carbocycles. The van der Waals surface area contributed by atoms with Gasteiger partial charge in [0.1, 0.15) is 0 Å². The highest BCUT2D eigenvalue weighted by atomic mass is 79.9. The van der Waals surface area contributed by atoms with Gasteiger partial charge < -0.3 is 4.90 Å². The Morgan fingerprint density at radius 2 is 2.12 bits per heavy atom. The third-order valence-electron chi connectivity index (χ3n) is 3.67. The molecule has 1 amide bonds. The molecule has 2 rings (SSSR count). The van der Waals surface area contributed by atoms with Crippen LogP contribution in [0.4, 0.5) is 0 Å². The van der Waals surface area contributed by atoms with Gasteiger partial charge in [-0.25, -0.2) is 0 Å². The molecule has 1 aromatic heterocycles. The second kappa shape index (κ2) is 5.53. The van der Waals surface area contributed by atoms with Gasteiger partial charge in [-0.15, -0.1) is 11.3 Å². The molecule has 0 radical (unpaired) electrons. The fraction of sp³-hybridized carbons (Fsp3) is 0.615. The van der Waals surface area contributed by atoms with E-state index in [4.69, 9.17) is 0 Å². The Morgan fingerprint density at radius 1 is 1.41 bits per heavy atom. The highest BCUT2D eigenvalue weighted by molar-refractivity contribution is 9.11. The summed E-state index contributed by atoms with van der Waals surface area (Å²) in [7, 11) is 1.95. The van der Waals surface area contributed by atoms with Gasteiger partial charge in [0.25, 0.3) is 5.91 Å². The van der Waals surface area contributed by atoms with Crippen LogP contribution in [0.1, 0.15) is 42.3 Å². The third kappa shape index (κ3) is 2.91. The van der Waals surface area contributed by atoms with Crippen LogP contribution in [0.2, 0.25) is 0 Å².